The van der Waals surface area contributed by atoms with Gasteiger partial charge in [-0.3, -0.25) is 0 Å². The molecule has 1 rings (SSSR count). The van der Waals surface area contributed by atoms with E-state index in [-0.39, 0.29) is 0 Å². The Morgan fingerprint density at radius 3 is 2.24 bits per heavy atom. The van der Waals surface area contributed by atoms with E-state index >= 15 is 0 Å². The average Bonchev–Trinajstić information content (AvgIpc) is 2.45. The third kappa shape index (κ3) is 7.47. The smallest absolute Gasteiger partial charge is 0.132 e. The molecule has 3 heteroatoms. The molecule has 0 fully saturated rings. The minimum atomic E-state index is -0.785. The summed E-state index contributed by atoms with van der Waals surface area (Å²) in [5.74, 6) is 0.137. The Morgan fingerprint density at radius 1 is 1.05 bits per heavy atom. The van der Waals surface area contributed by atoms with Crippen molar-refractivity contribution < 1.29 is 14.2 Å². The molecular formula is C18H29FO2. The average molecular weight is 296 g/mol. The van der Waals surface area contributed by atoms with Crippen LogP contribution in [0.15, 0.2) is 18.2 Å². The van der Waals surface area contributed by atoms with Gasteiger partial charge in [-0.05, 0) is 25.5 Å². The van der Waals surface area contributed by atoms with Gasteiger partial charge in [-0.2, -0.15) is 0 Å². The van der Waals surface area contributed by atoms with Crippen molar-refractivity contribution in [3.63, 3.8) is 0 Å². The van der Waals surface area contributed by atoms with Crippen LogP contribution in [0.4, 0.5) is 4.39 Å². The van der Waals surface area contributed by atoms with E-state index < -0.39 is 11.9 Å². The summed E-state index contributed by atoms with van der Waals surface area (Å²) in [5, 5.41) is 9.37. The van der Waals surface area contributed by atoms with Crippen LogP contribution in [-0.2, 0) is 0 Å². The van der Waals surface area contributed by atoms with Crippen LogP contribution < -0.4 is 4.74 Å². The molecule has 0 saturated heterocycles. The van der Waals surface area contributed by atoms with E-state index in [1.165, 1.54) is 51.0 Å². The number of hydrogen-bond acceptors (Lipinski definition) is 2. The highest BCUT2D eigenvalue weighted by molar-refractivity contribution is 5.29. The molecule has 1 atom stereocenters. The highest BCUT2D eigenvalue weighted by atomic mass is 19.1. The van der Waals surface area contributed by atoms with Crippen LogP contribution in [0.3, 0.4) is 0 Å². The predicted octanol–water partition coefficient (Wildman–Crippen LogP) is 5.40. The van der Waals surface area contributed by atoms with Crippen LogP contribution in [-0.4, -0.2) is 11.7 Å². The van der Waals surface area contributed by atoms with Crippen LogP contribution in [0.2, 0.25) is 0 Å². The Morgan fingerprint density at radius 2 is 1.67 bits per heavy atom. The number of benzene rings is 1. The number of hydrogen-bond donors (Lipinski definition) is 1. The van der Waals surface area contributed by atoms with Gasteiger partial charge in [-0.15, -0.1) is 0 Å². The third-order valence-electron chi connectivity index (χ3n) is 3.69. The predicted molar refractivity (Wildman–Crippen MR) is 85.1 cm³/mol. The first-order valence-corrected chi connectivity index (χ1v) is 8.25. The summed E-state index contributed by atoms with van der Waals surface area (Å²) >= 11 is 0. The summed E-state index contributed by atoms with van der Waals surface area (Å²) in [6.45, 7) is 4.41. The van der Waals surface area contributed by atoms with E-state index in [0.29, 0.717) is 17.9 Å². The van der Waals surface area contributed by atoms with Crippen molar-refractivity contribution in [2.24, 2.45) is 0 Å². The summed E-state index contributed by atoms with van der Waals surface area (Å²) in [7, 11) is 0. The summed E-state index contributed by atoms with van der Waals surface area (Å²) in [6, 6.07) is 4.66. The van der Waals surface area contributed by atoms with Gasteiger partial charge in [0.15, 0.2) is 0 Å². The van der Waals surface area contributed by atoms with Gasteiger partial charge in [0.2, 0.25) is 0 Å². The van der Waals surface area contributed by atoms with Crippen LogP contribution in [0.1, 0.15) is 76.9 Å². The molecule has 0 spiro atoms. The first-order chi connectivity index (χ1) is 10.1. The van der Waals surface area contributed by atoms with Crippen molar-refractivity contribution >= 4 is 0 Å². The molecule has 0 aliphatic carbocycles. The molecule has 0 bridgehead atoms. The lowest BCUT2D eigenvalue weighted by Gasteiger charge is -2.10. The van der Waals surface area contributed by atoms with Gasteiger partial charge in [0.1, 0.15) is 11.6 Å². The lowest BCUT2D eigenvalue weighted by atomic mass is 10.1. The van der Waals surface area contributed by atoms with Crippen molar-refractivity contribution in [2.75, 3.05) is 6.61 Å². The Kier molecular flexibility index (Phi) is 9.07. The normalized spacial score (nSPS) is 12.4. The number of halogens is 1. The fourth-order valence-electron chi connectivity index (χ4n) is 2.36. The maximum absolute atomic E-state index is 13.6. The van der Waals surface area contributed by atoms with Gasteiger partial charge in [0.05, 0.1) is 12.7 Å². The first kappa shape index (κ1) is 18.0. The van der Waals surface area contributed by atoms with Gasteiger partial charge in [-0.1, -0.05) is 51.9 Å². The largest absolute Gasteiger partial charge is 0.493 e. The molecule has 0 saturated carbocycles. The standard InChI is InChI=1S/C18H29FO2/c1-3-4-5-6-7-8-9-10-13-21-16-11-12-17(15(2)20)18(19)14-16/h11-12,14-15,20H,3-10,13H2,1-2H3. The summed E-state index contributed by atoms with van der Waals surface area (Å²) in [4.78, 5) is 0. The molecule has 21 heavy (non-hydrogen) atoms. The SMILES string of the molecule is CCCCCCCCCCOc1ccc(C(C)O)c(F)c1. The quantitative estimate of drug-likeness (QED) is 0.554. The zero-order valence-electron chi connectivity index (χ0n) is 13.4. The maximum Gasteiger partial charge on any atom is 0.132 e. The topological polar surface area (TPSA) is 29.5 Å². The fraction of sp³-hybridized carbons (Fsp3) is 0.667. The van der Waals surface area contributed by atoms with Crippen LogP contribution in [0, 0.1) is 5.82 Å². The minimum absolute atomic E-state index is 0.314. The lowest BCUT2D eigenvalue weighted by molar-refractivity contribution is 0.194. The first-order valence-electron chi connectivity index (χ1n) is 8.25. The van der Waals surface area contributed by atoms with Gasteiger partial charge in [-0.25, -0.2) is 4.39 Å². The van der Waals surface area contributed by atoms with Crippen molar-refractivity contribution in [3.8, 4) is 5.75 Å². The van der Waals surface area contributed by atoms with E-state index in [9.17, 15) is 9.50 Å². The molecule has 0 heterocycles. The Bertz CT molecular complexity index is 391. The fourth-order valence-corrected chi connectivity index (χ4v) is 2.36. The molecule has 120 valence electrons. The zero-order valence-corrected chi connectivity index (χ0v) is 13.4. The number of ether oxygens (including phenoxy) is 1. The number of aliphatic hydroxyl groups is 1. The molecule has 1 unspecified atom stereocenters. The highest BCUT2D eigenvalue weighted by Crippen LogP contribution is 2.22. The molecule has 1 aromatic carbocycles. The van der Waals surface area contributed by atoms with Gasteiger partial charge in [0.25, 0.3) is 0 Å². The molecule has 0 aliphatic heterocycles. The molecule has 0 amide bonds. The highest BCUT2D eigenvalue weighted by Gasteiger charge is 2.08. The molecule has 0 aromatic heterocycles. The number of rotatable bonds is 11. The van der Waals surface area contributed by atoms with E-state index in [1.54, 1.807) is 19.1 Å². The minimum Gasteiger partial charge on any atom is -0.493 e. The molecule has 0 aliphatic rings. The maximum atomic E-state index is 13.6. The van der Waals surface area contributed by atoms with Gasteiger partial charge in [0, 0.05) is 11.6 Å². The second kappa shape index (κ2) is 10.6. The van der Waals surface area contributed by atoms with Crippen molar-refractivity contribution in [1.29, 1.82) is 0 Å². The third-order valence-corrected chi connectivity index (χ3v) is 3.69. The van der Waals surface area contributed by atoms with Crippen LogP contribution in [0.5, 0.6) is 5.75 Å². The van der Waals surface area contributed by atoms with Crippen LogP contribution >= 0.6 is 0 Å². The second-order valence-electron chi connectivity index (χ2n) is 5.68. The molecule has 0 radical (unpaired) electrons. The summed E-state index contributed by atoms with van der Waals surface area (Å²) in [5.41, 5.74) is 0.314. The summed E-state index contributed by atoms with van der Waals surface area (Å²) < 4.78 is 19.2. The Labute approximate surface area is 128 Å². The van der Waals surface area contributed by atoms with Crippen molar-refractivity contribution in [3.05, 3.63) is 29.6 Å². The van der Waals surface area contributed by atoms with E-state index in [1.807, 2.05) is 0 Å². The molecular weight excluding hydrogens is 267 g/mol. The monoisotopic (exact) mass is 296 g/mol. The van der Waals surface area contributed by atoms with E-state index in [2.05, 4.69) is 6.92 Å². The van der Waals surface area contributed by atoms with Gasteiger partial charge < -0.3 is 9.84 Å². The summed E-state index contributed by atoms with van der Waals surface area (Å²) in [6.07, 6.45) is 9.26. The second-order valence-corrected chi connectivity index (χ2v) is 5.68. The Hall–Kier alpha value is -1.09. The molecule has 1 aromatic rings. The molecule has 1 N–H and O–H groups in total. The number of aliphatic hydroxyl groups excluding tert-OH is 1. The van der Waals surface area contributed by atoms with Crippen molar-refractivity contribution in [2.45, 2.75) is 71.3 Å². The van der Waals surface area contributed by atoms with E-state index in [4.69, 9.17) is 4.74 Å². The van der Waals surface area contributed by atoms with Crippen molar-refractivity contribution in [1.82, 2.24) is 0 Å². The number of unbranched alkanes of at least 4 members (excludes halogenated alkanes) is 7. The van der Waals surface area contributed by atoms with Gasteiger partial charge >= 0.3 is 0 Å². The van der Waals surface area contributed by atoms with E-state index in [0.717, 1.165) is 6.42 Å². The zero-order chi connectivity index (χ0) is 15.5. The lowest BCUT2D eigenvalue weighted by Crippen LogP contribution is -2.00. The Balaban J connectivity index is 2.11. The molecule has 2 nitrogen and oxygen atoms in total. The van der Waals surface area contributed by atoms with Crippen LogP contribution in [0.25, 0.3) is 0 Å².